The highest BCUT2D eigenvalue weighted by molar-refractivity contribution is 5.67. The fraction of sp³-hybridized carbons (Fsp3) is 0.700. The minimum Gasteiger partial charge on any atom is -0.481 e. The van der Waals surface area contributed by atoms with Gasteiger partial charge in [-0.15, -0.1) is 0 Å². The second-order valence-electron chi connectivity index (χ2n) is 3.40. The van der Waals surface area contributed by atoms with Crippen LogP contribution in [-0.2, 0) is 4.79 Å². The van der Waals surface area contributed by atoms with Gasteiger partial charge in [-0.1, -0.05) is 18.1 Å². The van der Waals surface area contributed by atoms with Crippen molar-refractivity contribution < 1.29 is 9.90 Å². The number of rotatable bonds is 2. The zero-order valence-electron chi connectivity index (χ0n) is 7.55. The van der Waals surface area contributed by atoms with E-state index in [4.69, 9.17) is 5.11 Å². The normalized spacial score (nSPS) is 27.4. The first-order chi connectivity index (χ1) is 5.74. The number of allylic oxidation sites excluding steroid dienone is 2. The molecule has 1 atom stereocenters. The van der Waals surface area contributed by atoms with Crippen LogP contribution >= 0.6 is 0 Å². The van der Waals surface area contributed by atoms with Crippen molar-refractivity contribution in [2.45, 2.75) is 39.0 Å². The zero-order valence-corrected chi connectivity index (χ0v) is 7.55. The van der Waals surface area contributed by atoms with E-state index < -0.39 is 5.97 Å². The van der Waals surface area contributed by atoms with Crippen LogP contribution in [0.2, 0.25) is 0 Å². The average molecular weight is 168 g/mol. The Morgan fingerprint density at radius 1 is 1.67 bits per heavy atom. The minimum absolute atomic E-state index is 0.319. The monoisotopic (exact) mass is 168 g/mol. The minimum atomic E-state index is -0.666. The third-order valence-corrected chi connectivity index (χ3v) is 2.58. The van der Waals surface area contributed by atoms with Crippen molar-refractivity contribution in [1.29, 1.82) is 0 Å². The first-order valence-corrected chi connectivity index (χ1v) is 4.61. The van der Waals surface area contributed by atoms with Crippen molar-refractivity contribution in [3.63, 3.8) is 0 Å². The summed E-state index contributed by atoms with van der Waals surface area (Å²) in [4.78, 5) is 10.5. The molecule has 0 aromatic rings. The summed E-state index contributed by atoms with van der Waals surface area (Å²) in [6.45, 7) is 2.01. The lowest BCUT2D eigenvalue weighted by atomic mass is 9.82. The van der Waals surface area contributed by atoms with Gasteiger partial charge in [0.05, 0.1) is 6.42 Å². The Balaban J connectivity index is 2.53. The Bertz CT molecular complexity index is 194. The Morgan fingerprint density at radius 3 is 3.00 bits per heavy atom. The lowest BCUT2D eigenvalue weighted by molar-refractivity contribution is -0.137. The van der Waals surface area contributed by atoms with Gasteiger partial charge < -0.3 is 5.11 Å². The van der Waals surface area contributed by atoms with E-state index in [9.17, 15) is 4.79 Å². The molecule has 0 saturated heterocycles. The predicted molar refractivity (Wildman–Crippen MR) is 48.0 cm³/mol. The van der Waals surface area contributed by atoms with Crippen LogP contribution in [0.15, 0.2) is 11.6 Å². The molecule has 1 unspecified atom stereocenters. The second kappa shape index (κ2) is 4.29. The van der Waals surface area contributed by atoms with Gasteiger partial charge in [0.2, 0.25) is 0 Å². The fourth-order valence-electron chi connectivity index (χ4n) is 1.93. The third kappa shape index (κ3) is 2.36. The molecule has 1 N–H and O–H groups in total. The second-order valence-corrected chi connectivity index (χ2v) is 3.40. The average Bonchev–Trinajstić information content (AvgIpc) is 2.04. The molecule has 0 spiro atoms. The van der Waals surface area contributed by atoms with E-state index in [1.165, 1.54) is 18.4 Å². The maximum Gasteiger partial charge on any atom is 0.303 e. The molecule has 1 saturated carbocycles. The number of hydrogen-bond donors (Lipinski definition) is 1. The molecule has 0 bridgehead atoms. The fourth-order valence-corrected chi connectivity index (χ4v) is 1.93. The van der Waals surface area contributed by atoms with Gasteiger partial charge in [-0.2, -0.15) is 0 Å². The summed E-state index contributed by atoms with van der Waals surface area (Å²) >= 11 is 0. The Morgan fingerprint density at radius 2 is 2.42 bits per heavy atom. The Hall–Kier alpha value is -0.790. The molecular weight excluding hydrogens is 152 g/mol. The van der Waals surface area contributed by atoms with Crippen LogP contribution in [0, 0.1) is 5.92 Å². The smallest absolute Gasteiger partial charge is 0.303 e. The maximum atomic E-state index is 10.5. The Kier molecular flexibility index (Phi) is 3.32. The van der Waals surface area contributed by atoms with Gasteiger partial charge in [0.15, 0.2) is 0 Å². The van der Waals surface area contributed by atoms with Crippen LogP contribution in [0.5, 0.6) is 0 Å². The summed E-state index contributed by atoms with van der Waals surface area (Å²) in [6, 6.07) is 0. The maximum absolute atomic E-state index is 10.5. The quantitative estimate of drug-likeness (QED) is 0.643. The largest absolute Gasteiger partial charge is 0.481 e. The van der Waals surface area contributed by atoms with Crippen LogP contribution in [-0.4, -0.2) is 11.1 Å². The molecule has 1 fully saturated rings. The van der Waals surface area contributed by atoms with E-state index in [-0.39, 0.29) is 0 Å². The van der Waals surface area contributed by atoms with Crippen LogP contribution in [0.25, 0.3) is 0 Å². The summed E-state index contributed by atoms with van der Waals surface area (Å²) in [5, 5.41) is 8.65. The Labute approximate surface area is 73.3 Å². The van der Waals surface area contributed by atoms with Crippen LogP contribution in [0.4, 0.5) is 0 Å². The van der Waals surface area contributed by atoms with Crippen molar-refractivity contribution >= 4 is 5.97 Å². The van der Waals surface area contributed by atoms with Crippen molar-refractivity contribution in [1.82, 2.24) is 0 Å². The van der Waals surface area contributed by atoms with Gasteiger partial charge in [0.1, 0.15) is 0 Å². The highest BCUT2D eigenvalue weighted by Crippen LogP contribution is 2.31. The number of carbonyl (C=O) groups is 1. The topological polar surface area (TPSA) is 37.3 Å². The van der Waals surface area contributed by atoms with Crippen LogP contribution in [0.3, 0.4) is 0 Å². The molecule has 1 rings (SSSR count). The van der Waals surface area contributed by atoms with E-state index in [1.54, 1.807) is 0 Å². The van der Waals surface area contributed by atoms with Crippen LogP contribution < -0.4 is 0 Å². The molecule has 68 valence electrons. The van der Waals surface area contributed by atoms with Crippen molar-refractivity contribution in [2.24, 2.45) is 5.92 Å². The molecular formula is C10H16O2. The van der Waals surface area contributed by atoms with E-state index in [0.717, 1.165) is 12.8 Å². The number of carboxylic acids is 1. The lowest BCUT2D eigenvalue weighted by Crippen LogP contribution is -2.14. The standard InChI is InChI=1S/C10H16O2/c1-2-8-5-3-4-6-9(8)7-10(11)12/h2,9H,3-7H2,1H3,(H,11,12)/b8-2-. The molecule has 0 heterocycles. The highest BCUT2D eigenvalue weighted by Gasteiger charge is 2.20. The van der Waals surface area contributed by atoms with Gasteiger partial charge >= 0.3 is 5.97 Å². The highest BCUT2D eigenvalue weighted by atomic mass is 16.4. The molecule has 1 aliphatic rings. The summed E-state index contributed by atoms with van der Waals surface area (Å²) in [7, 11) is 0. The van der Waals surface area contributed by atoms with Crippen molar-refractivity contribution in [3.8, 4) is 0 Å². The van der Waals surface area contributed by atoms with Gasteiger partial charge in [-0.05, 0) is 32.1 Å². The predicted octanol–water partition coefficient (Wildman–Crippen LogP) is 2.60. The summed E-state index contributed by atoms with van der Waals surface area (Å²) in [5.41, 5.74) is 1.35. The van der Waals surface area contributed by atoms with Gasteiger partial charge in [-0.3, -0.25) is 4.79 Å². The van der Waals surface area contributed by atoms with Gasteiger partial charge in [0, 0.05) is 0 Å². The zero-order chi connectivity index (χ0) is 8.97. The SMILES string of the molecule is C/C=C1/CCCCC1CC(=O)O. The molecule has 1 aliphatic carbocycles. The molecule has 12 heavy (non-hydrogen) atoms. The molecule has 0 aromatic carbocycles. The van der Waals surface area contributed by atoms with E-state index in [2.05, 4.69) is 6.08 Å². The van der Waals surface area contributed by atoms with Crippen LogP contribution in [0.1, 0.15) is 39.0 Å². The van der Waals surface area contributed by atoms with Gasteiger partial charge in [0.25, 0.3) is 0 Å². The molecule has 2 nitrogen and oxygen atoms in total. The summed E-state index contributed by atoms with van der Waals surface area (Å²) < 4.78 is 0. The van der Waals surface area contributed by atoms with Gasteiger partial charge in [-0.25, -0.2) is 0 Å². The first-order valence-electron chi connectivity index (χ1n) is 4.61. The number of carboxylic acid groups (broad SMARTS) is 1. The third-order valence-electron chi connectivity index (χ3n) is 2.58. The van der Waals surface area contributed by atoms with E-state index >= 15 is 0 Å². The van der Waals surface area contributed by atoms with Crippen molar-refractivity contribution in [2.75, 3.05) is 0 Å². The van der Waals surface area contributed by atoms with E-state index in [1.807, 2.05) is 6.92 Å². The molecule has 0 aliphatic heterocycles. The van der Waals surface area contributed by atoms with E-state index in [0.29, 0.717) is 12.3 Å². The molecule has 2 heteroatoms. The lowest BCUT2D eigenvalue weighted by Gasteiger charge is -2.23. The molecule has 0 radical (unpaired) electrons. The molecule has 0 aromatic heterocycles. The summed E-state index contributed by atoms with van der Waals surface area (Å²) in [6.07, 6.45) is 7.00. The van der Waals surface area contributed by atoms with Crippen molar-refractivity contribution in [3.05, 3.63) is 11.6 Å². The molecule has 0 amide bonds. The number of hydrogen-bond acceptors (Lipinski definition) is 1. The first kappa shape index (κ1) is 9.30. The number of aliphatic carboxylic acids is 1. The summed E-state index contributed by atoms with van der Waals surface area (Å²) in [5.74, 6) is -0.345.